The van der Waals surface area contributed by atoms with Crippen LogP contribution >= 0.6 is 11.6 Å². The van der Waals surface area contributed by atoms with Gasteiger partial charge >= 0.3 is 0 Å². The molecule has 1 aromatic carbocycles. The van der Waals surface area contributed by atoms with E-state index in [1.807, 2.05) is 31.1 Å². The average Bonchev–Trinajstić information content (AvgIpc) is 2.61. The van der Waals surface area contributed by atoms with Crippen LogP contribution in [0.3, 0.4) is 0 Å². The number of carbonyl (C=O) groups is 1. The molecule has 158 valence electrons. The van der Waals surface area contributed by atoms with Crippen molar-refractivity contribution in [3.63, 3.8) is 0 Å². The zero-order valence-electron chi connectivity index (χ0n) is 17.0. The molecule has 1 aliphatic rings. The maximum absolute atomic E-state index is 12.8. The number of rotatable bonds is 9. The van der Waals surface area contributed by atoms with Gasteiger partial charge in [0.25, 0.3) is 0 Å². The minimum absolute atomic E-state index is 0.0551. The second-order valence-electron chi connectivity index (χ2n) is 8.08. The molecule has 0 unspecified atom stereocenters. The summed E-state index contributed by atoms with van der Waals surface area (Å²) in [5, 5.41) is 0.628. The van der Waals surface area contributed by atoms with Gasteiger partial charge in [0.1, 0.15) is 5.75 Å². The van der Waals surface area contributed by atoms with Crippen LogP contribution in [0.4, 0.5) is 0 Å². The summed E-state index contributed by atoms with van der Waals surface area (Å²) in [4.78, 5) is 16.4. The maximum atomic E-state index is 12.8. The fourth-order valence-corrected chi connectivity index (χ4v) is 4.81. The summed E-state index contributed by atoms with van der Waals surface area (Å²) in [5.41, 5.74) is 0.920. The van der Waals surface area contributed by atoms with Gasteiger partial charge in [0.15, 0.2) is 0 Å². The van der Waals surface area contributed by atoms with E-state index in [4.69, 9.17) is 11.6 Å². The minimum atomic E-state index is -3.66. The van der Waals surface area contributed by atoms with Crippen LogP contribution in [0, 0.1) is 5.92 Å². The van der Waals surface area contributed by atoms with Gasteiger partial charge in [-0.1, -0.05) is 30.7 Å². The van der Waals surface area contributed by atoms with E-state index in [2.05, 4.69) is 11.6 Å². The summed E-state index contributed by atoms with van der Waals surface area (Å²) in [6.45, 7) is 3.67. The molecule has 6 nitrogen and oxygen atoms in total. The summed E-state index contributed by atoms with van der Waals surface area (Å²) in [7, 11) is 0.191. The summed E-state index contributed by atoms with van der Waals surface area (Å²) in [6, 6.07) is 7.20. The first-order valence-corrected chi connectivity index (χ1v) is 11.8. The lowest BCUT2D eigenvalue weighted by molar-refractivity contribution is -0.129. The molecule has 1 amide bonds. The van der Waals surface area contributed by atoms with Gasteiger partial charge in [0.2, 0.25) is 15.9 Å². The largest absolute Gasteiger partial charge is 0.336 e. The van der Waals surface area contributed by atoms with Crippen molar-refractivity contribution in [2.24, 2.45) is 5.92 Å². The molecule has 28 heavy (non-hydrogen) atoms. The van der Waals surface area contributed by atoms with Crippen LogP contribution in [0.5, 0.6) is 0 Å². The third-order valence-electron chi connectivity index (χ3n) is 5.13. The molecule has 0 saturated heterocycles. The normalized spacial score (nSPS) is 20.3. The van der Waals surface area contributed by atoms with E-state index in [1.54, 1.807) is 17.0 Å². The molecule has 0 aliphatic heterocycles. The van der Waals surface area contributed by atoms with Crippen molar-refractivity contribution in [3.8, 4) is 0 Å². The summed E-state index contributed by atoms with van der Waals surface area (Å²) >= 11 is 5.93. The topological polar surface area (TPSA) is 69.7 Å². The van der Waals surface area contributed by atoms with Gasteiger partial charge in [-0.25, -0.2) is 13.1 Å². The van der Waals surface area contributed by atoms with Crippen molar-refractivity contribution in [2.75, 3.05) is 32.9 Å². The smallest absolute Gasteiger partial charge is 0.239 e. The molecular formula is C20H32ClN3O3S. The second-order valence-corrected chi connectivity index (χ2v) is 10.3. The van der Waals surface area contributed by atoms with E-state index in [9.17, 15) is 13.2 Å². The lowest BCUT2D eigenvalue weighted by atomic mass is 9.88. The van der Waals surface area contributed by atoms with Gasteiger partial charge in [-0.3, -0.25) is 4.79 Å². The van der Waals surface area contributed by atoms with Crippen LogP contribution in [0.2, 0.25) is 5.02 Å². The van der Waals surface area contributed by atoms with Crippen LogP contribution in [0.1, 0.15) is 38.2 Å². The van der Waals surface area contributed by atoms with E-state index in [-0.39, 0.29) is 11.9 Å². The van der Waals surface area contributed by atoms with Gasteiger partial charge in [-0.2, -0.15) is 0 Å². The van der Waals surface area contributed by atoms with Crippen LogP contribution in [-0.4, -0.2) is 63.1 Å². The summed E-state index contributed by atoms with van der Waals surface area (Å²) in [6.07, 6.45) is 3.72. The number of nitrogens with one attached hydrogen (secondary N) is 1. The Morgan fingerprint density at radius 1 is 1.11 bits per heavy atom. The third-order valence-corrected chi connectivity index (χ3v) is 6.70. The molecule has 0 spiro atoms. The lowest BCUT2D eigenvalue weighted by Crippen LogP contribution is -2.44. The standard InChI is InChI=1S/C20H32ClN3O3S/c1-16-4-10-19(11-5-16)22-28(26,27)15-20(25)24(13-12-23(2)3)14-17-6-8-18(21)9-7-17/h6-9,16,19,22H,4-5,10-15H2,1-3H3. The van der Waals surface area contributed by atoms with Gasteiger partial charge < -0.3 is 9.80 Å². The molecule has 0 radical (unpaired) electrons. The fourth-order valence-electron chi connectivity index (χ4n) is 3.35. The van der Waals surface area contributed by atoms with Crippen LogP contribution < -0.4 is 4.72 Å². The van der Waals surface area contributed by atoms with Crippen molar-refractivity contribution >= 4 is 27.5 Å². The van der Waals surface area contributed by atoms with E-state index in [0.717, 1.165) is 31.2 Å². The Bertz CT molecular complexity index is 730. The maximum Gasteiger partial charge on any atom is 0.239 e. The van der Waals surface area contributed by atoms with Crippen molar-refractivity contribution in [1.29, 1.82) is 0 Å². The number of nitrogens with zero attached hydrogens (tertiary/aromatic N) is 2. The van der Waals surface area contributed by atoms with E-state index >= 15 is 0 Å². The number of benzene rings is 1. The van der Waals surface area contributed by atoms with Gasteiger partial charge in [0.05, 0.1) is 0 Å². The predicted octanol–water partition coefficient (Wildman–Crippen LogP) is 2.73. The van der Waals surface area contributed by atoms with E-state index in [1.165, 1.54) is 0 Å². The van der Waals surface area contributed by atoms with Gasteiger partial charge in [-0.05, 0) is 63.4 Å². The fraction of sp³-hybridized carbons (Fsp3) is 0.650. The first-order valence-electron chi connectivity index (χ1n) is 9.81. The van der Waals surface area contributed by atoms with Crippen molar-refractivity contribution < 1.29 is 13.2 Å². The van der Waals surface area contributed by atoms with Gasteiger partial charge in [0, 0.05) is 30.7 Å². The quantitative estimate of drug-likeness (QED) is 0.655. The minimum Gasteiger partial charge on any atom is -0.336 e. The van der Waals surface area contributed by atoms with Crippen molar-refractivity contribution in [3.05, 3.63) is 34.9 Å². The Balaban J connectivity index is 2.00. The Labute approximate surface area is 174 Å². The highest BCUT2D eigenvalue weighted by atomic mass is 35.5. The summed E-state index contributed by atoms with van der Waals surface area (Å²) in [5.74, 6) is -0.253. The number of hydrogen-bond acceptors (Lipinski definition) is 4. The highest BCUT2D eigenvalue weighted by molar-refractivity contribution is 7.90. The summed E-state index contributed by atoms with van der Waals surface area (Å²) < 4.78 is 27.8. The molecule has 1 fully saturated rings. The third kappa shape index (κ3) is 8.07. The molecule has 1 aromatic rings. The first kappa shape index (κ1) is 23.1. The Hall–Kier alpha value is -1.15. The molecule has 1 N–H and O–H groups in total. The number of amides is 1. The zero-order valence-corrected chi connectivity index (χ0v) is 18.6. The van der Waals surface area contributed by atoms with Crippen LogP contribution in [0.25, 0.3) is 0 Å². The highest BCUT2D eigenvalue weighted by Gasteiger charge is 2.26. The van der Waals surface area contributed by atoms with Crippen molar-refractivity contribution in [2.45, 2.75) is 45.2 Å². The number of carbonyl (C=O) groups excluding carboxylic acids is 1. The first-order chi connectivity index (χ1) is 13.1. The van der Waals surface area contributed by atoms with E-state index < -0.39 is 15.8 Å². The Kier molecular flexibility index (Phi) is 8.74. The number of likely N-dealkylation sites (N-methyl/N-ethyl adjacent to an activating group) is 1. The molecular weight excluding hydrogens is 398 g/mol. The number of halogens is 1. The molecule has 2 rings (SSSR count). The predicted molar refractivity (Wildman–Crippen MR) is 114 cm³/mol. The Morgan fingerprint density at radius 3 is 2.29 bits per heavy atom. The zero-order chi connectivity index (χ0) is 20.7. The molecule has 8 heteroatoms. The van der Waals surface area contributed by atoms with E-state index in [0.29, 0.717) is 30.6 Å². The highest BCUT2D eigenvalue weighted by Crippen LogP contribution is 2.24. The molecule has 1 saturated carbocycles. The lowest BCUT2D eigenvalue weighted by Gasteiger charge is -2.28. The average molecular weight is 430 g/mol. The molecule has 0 bridgehead atoms. The van der Waals surface area contributed by atoms with Crippen LogP contribution in [-0.2, 0) is 21.4 Å². The van der Waals surface area contributed by atoms with Gasteiger partial charge in [-0.15, -0.1) is 0 Å². The Morgan fingerprint density at radius 2 is 1.71 bits per heavy atom. The van der Waals surface area contributed by atoms with Crippen LogP contribution in [0.15, 0.2) is 24.3 Å². The molecule has 0 heterocycles. The molecule has 0 aromatic heterocycles. The monoisotopic (exact) mass is 429 g/mol. The number of sulfonamides is 1. The SMILES string of the molecule is CC1CCC(NS(=O)(=O)CC(=O)N(CCN(C)C)Cc2ccc(Cl)cc2)CC1. The van der Waals surface area contributed by atoms with Crippen molar-refractivity contribution in [1.82, 2.24) is 14.5 Å². The molecule has 1 aliphatic carbocycles. The number of hydrogen-bond donors (Lipinski definition) is 1. The molecule has 0 atom stereocenters. The second kappa shape index (κ2) is 10.6.